The van der Waals surface area contributed by atoms with Crippen molar-refractivity contribution >= 4 is 39.0 Å². The van der Waals surface area contributed by atoms with E-state index >= 15 is 0 Å². The fraction of sp³-hybridized carbons (Fsp3) is 0.400. The number of nitrogens with zero attached hydrogens (tertiary/aromatic N) is 2. The van der Waals surface area contributed by atoms with Crippen LogP contribution in [0.1, 0.15) is 38.4 Å². The van der Waals surface area contributed by atoms with E-state index in [-0.39, 0.29) is 11.7 Å². The lowest BCUT2D eigenvalue weighted by Gasteiger charge is -2.33. The molecule has 2 aliphatic rings. The molecule has 1 fully saturated rings. The standard InChI is InChI=1S/C20H21BrN2O2S/c21-19-6-5-18(26-19)17(24)13-22-9-7-14(8-10-22)11-23-12-15-3-1-2-4-16(15)20(23)25/h1-6,14H,7-13H2. The lowest BCUT2D eigenvalue weighted by molar-refractivity contribution is 0.0708. The fourth-order valence-corrected chi connectivity index (χ4v) is 5.16. The molecule has 136 valence electrons. The fourth-order valence-electron chi connectivity index (χ4n) is 3.85. The lowest BCUT2D eigenvalue weighted by Crippen LogP contribution is -2.40. The molecule has 0 spiro atoms. The van der Waals surface area contributed by atoms with Gasteiger partial charge < -0.3 is 4.90 Å². The molecule has 1 aromatic carbocycles. The van der Waals surface area contributed by atoms with Crippen LogP contribution in [0.3, 0.4) is 0 Å². The molecular formula is C20H21BrN2O2S. The average Bonchev–Trinajstić information content (AvgIpc) is 3.21. The van der Waals surface area contributed by atoms with Gasteiger partial charge in [-0.1, -0.05) is 18.2 Å². The molecule has 1 aromatic heterocycles. The lowest BCUT2D eigenvalue weighted by atomic mass is 9.96. The molecule has 0 bridgehead atoms. The minimum absolute atomic E-state index is 0.168. The summed E-state index contributed by atoms with van der Waals surface area (Å²) in [5, 5.41) is 0. The van der Waals surface area contributed by atoms with E-state index < -0.39 is 0 Å². The van der Waals surface area contributed by atoms with E-state index in [1.165, 1.54) is 11.3 Å². The van der Waals surface area contributed by atoms with E-state index in [1.807, 2.05) is 41.3 Å². The Kier molecular flexibility index (Phi) is 5.25. The number of hydrogen-bond donors (Lipinski definition) is 0. The molecule has 0 N–H and O–H groups in total. The van der Waals surface area contributed by atoms with Crippen LogP contribution in [0.25, 0.3) is 0 Å². The zero-order valence-corrected chi connectivity index (χ0v) is 16.9. The summed E-state index contributed by atoms with van der Waals surface area (Å²) in [5.41, 5.74) is 2.00. The van der Waals surface area contributed by atoms with Gasteiger partial charge >= 0.3 is 0 Å². The number of amides is 1. The highest BCUT2D eigenvalue weighted by molar-refractivity contribution is 9.11. The summed E-state index contributed by atoms with van der Waals surface area (Å²) in [6.07, 6.45) is 2.09. The number of ketones is 1. The Bertz CT molecular complexity index is 827. The number of Topliss-reactive ketones (excluding diaryl/α,β-unsaturated/α-hetero) is 1. The van der Waals surface area contributed by atoms with Gasteiger partial charge in [-0.2, -0.15) is 0 Å². The highest BCUT2D eigenvalue weighted by Gasteiger charge is 2.30. The van der Waals surface area contributed by atoms with Crippen molar-refractivity contribution in [2.45, 2.75) is 19.4 Å². The van der Waals surface area contributed by atoms with Crippen molar-refractivity contribution < 1.29 is 9.59 Å². The topological polar surface area (TPSA) is 40.6 Å². The first kappa shape index (κ1) is 17.9. The summed E-state index contributed by atoms with van der Waals surface area (Å²) < 4.78 is 0.996. The second kappa shape index (κ2) is 7.62. The molecule has 3 heterocycles. The van der Waals surface area contributed by atoms with Gasteiger partial charge in [-0.3, -0.25) is 14.5 Å². The van der Waals surface area contributed by atoms with Crippen molar-refractivity contribution in [3.63, 3.8) is 0 Å². The van der Waals surface area contributed by atoms with E-state index in [1.54, 1.807) is 0 Å². The summed E-state index contributed by atoms with van der Waals surface area (Å²) >= 11 is 4.91. The Hall–Kier alpha value is -1.50. The number of piperidine rings is 1. The molecule has 1 saturated heterocycles. The molecule has 4 rings (SSSR count). The summed E-state index contributed by atoms with van der Waals surface area (Å²) in [7, 11) is 0. The van der Waals surface area contributed by atoms with Crippen molar-refractivity contribution in [1.29, 1.82) is 0 Å². The maximum atomic E-state index is 12.5. The van der Waals surface area contributed by atoms with Crippen LogP contribution < -0.4 is 0 Å². The van der Waals surface area contributed by atoms with Gasteiger partial charge in [0.15, 0.2) is 5.78 Å². The van der Waals surface area contributed by atoms with Gasteiger partial charge in [0, 0.05) is 18.7 Å². The third-order valence-corrected chi connectivity index (χ3v) is 6.96. The minimum atomic E-state index is 0.168. The predicted octanol–water partition coefficient (Wildman–Crippen LogP) is 4.06. The van der Waals surface area contributed by atoms with Crippen molar-refractivity contribution in [2.75, 3.05) is 26.2 Å². The van der Waals surface area contributed by atoms with Gasteiger partial charge in [0.05, 0.1) is 15.2 Å². The smallest absolute Gasteiger partial charge is 0.254 e. The van der Waals surface area contributed by atoms with E-state index in [4.69, 9.17) is 0 Å². The van der Waals surface area contributed by atoms with Crippen LogP contribution in [0.4, 0.5) is 0 Å². The average molecular weight is 433 g/mol. The van der Waals surface area contributed by atoms with Crippen molar-refractivity contribution in [1.82, 2.24) is 9.80 Å². The summed E-state index contributed by atoms with van der Waals surface area (Å²) in [4.78, 5) is 29.9. The molecule has 0 aliphatic carbocycles. The molecule has 6 heteroatoms. The maximum Gasteiger partial charge on any atom is 0.254 e. The number of hydrogen-bond acceptors (Lipinski definition) is 4. The normalized spacial score (nSPS) is 18.3. The molecule has 0 atom stereocenters. The highest BCUT2D eigenvalue weighted by atomic mass is 79.9. The third kappa shape index (κ3) is 3.77. The number of benzene rings is 1. The van der Waals surface area contributed by atoms with Crippen LogP contribution in [-0.4, -0.2) is 47.7 Å². The molecule has 2 aromatic rings. The van der Waals surface area contributed by atoms with Gasteiger partial charge in [-0.15, -0.1) is 11.3 Å². The number of rotatable bonds is 5. The SMILES string of the molecule is O=C(CN1CCC(CN2Cc3ccccc3C2=O)CC1)c1ccc(Br)s1. The molecule has 0 radical (unpaired) electrons. The Morgan fingerprint density at radius 1 is 1.15 bits per heavy atom. The molecule has 0 saturated carbocycles. The second-order valence-corrected chi connectivity index (χ2v) is 9.55. The van der Waals surface area contributed by atoms with Gasteiger partial charge in [0.1, 0.15) is 0 Å². The molecule has 26 heavy (non-hydrogen) atoms. The van der Waals surface area contributed by atoms with Gasteiger partial charge in [0.2, 0.25) is 0 Å². The first-order valence-electron chi connectivity index (χ1n) is 8.98. The Morgan fingerprint density at radius 2 is 1.92 bits per heavy atom. The third-order valence-electron chi connectivity index (χ3n) is 5.30. The van der Waals surface area contributed by atoms with Crippen LogP contribution in [0.15, 0.2) is 40.2 Å². The van der Waals surface area contributed by atoms with Gasteiger partial charge in [-0.25, -0.2) is 0 Å². The van der Waals surface area contributed by atoms with Crippen LogP contribution in [0.5, 0.6) is 0 Å². The summed E-state index contributed by atoms with van der Waals surface area (Å²) in [6, 6.07) is 11.7. The molecular weight excluding hydrogens is 412 g/mol. The number of thiophene rings is 1. The molecule has 1 amide bonds. The van der Waals surface area contributed by atoms with E-state index in [0.717, 1.165) is 58.8 Å². The number of likely N-dealkylation sites (tertiary alicyclic amines) is 1. The predicted molar refractivity (Wildman–Crippen MR) is 107 cm³/mol. The maximum absolute atomic E-state index is 12.5. The van der Waals surface area contributed by atoms with Crippen molar-refractivity contribution in [3.05, 3.63) is 56.2 Å². The Labute approximate surface area is 165 Å². The zero-order valence-electron chi connectivity index (χ0n) is 14.5. The Balaban J connectivity index is 1.27. The van der Waals surface area contributed by atoms with E-state index in [9.17, 15) is 9.59 Å². The zero-order chi connectivity index (χ0) is 18.1. The van der Waals surface area contributed by atoms with Crippen molar-refractivity contribution in [2.24, 2.45) is 5.92 Å². The minimum Gasteiger partial charge on any atom is -0.334 e. The van der Waals surface area contributed by atoms with Gasteiger partial charge in [-0.05, 0) is 71.5 Å². The highest BCUT2D eigenvalue weighted by Crippen LogP contribution is 2.27. The van der Waals surface area contributed by atoms with E-state index in [0.29, 0.717) is 12.5 Å². The number of carbonyl (C=O) groups excluding carboxylic acids is 2. The first-order valence-corrected chi connectivity index (χ1v) is 10.6. The van der Waals surface area contributed by atoms with Crippen molar-refractivity contribution in [3.8, 4) is 0 Å². The Morgan fingerprint density at radius 3 is 2.62 bits per heavy atom. The molecule has 4 nitrogen and oxygen atoms in total. The largest absolute Gasteiger partial charge is 0.334 e. The quantitative estimate of drug-likeness (QED) is 0.668. The molecule has 0 unspecified atom stereocenters. The van der Waals surface area contributed by atoms with Crippen LogP contribution in [-0.2, 0) is 6.54 Å². The van der Waals surface area contributed by atoms with Crippen LogP contribution >= 0.6 is 27.3 Å². The van der Waals surface area contributed by atoms with Gasteiger partial charge in [0.25, 0.3) is 5.91 Å². The molecule has 2 aliphatic heterocycles. The van der Waals surface area contributed by atoms with Crippen LogP contribution in [0, 0.1) is 5.92 Å². The summed E-state index contributed by atoms with van der Waals surface area (Å²) in [6.45, 7) is 3.91. The van der Waals surface area contributed by atoms with E-state index in [2.05, 4.69) is 20.8 Å². The number of fused-ring (bicyclic) bond motifs is 1. The van der Waals surface area contributed by atoms with Crippen LogP contribution in [0.2, 0.25) is 0 Å². The second-order valence-electron chi connectivity index (χ2n) is 7.09. The first-order chi connectivity index (χ1) is 12.6. The summed E-state index contributed by atoms with van der Waals surface area (Å²) in [5.74, 6) is 0.890. The number of carbonyl (C=O) groups is 2. The monoisotopic (exact) mass is 432 g/mol. The number of halogens is 1.